The van der Waals surface area contributed by atoms with Crippen LogP contribution in [0, 0.1) is 0 Å². The molecular formula is C13H10Br2F3N3. The smallest absolute Gasteiger partial charge is 0.307 e. The van der Waals surface area contributed by atoms with Crippen molar-refractivity contribution in [2.45, 2.75) is 30.4 Å². The standard InChI is InChI=1S/C13H10Br2F3N3/c14-6-11-19-20-12(21(11)8-2-3-8)9-5-7(13(16,17)18)1-4-10(9)15/h1,4-5,8H,2-3,6H2. The highest BCUT2D eigenvalue weighted by molar-refractivity contribution is 9.10. The summed E-state index contributed by atoms with van der Waals surface area (Å²) in [6.07, 6.45) is -2.37. The number of benzene rings is 1. The van der Waals surface area contributed by atoms with E-state index < -0.39 is 11.7 Å². The molecule has 21 heavy (non-hydrogen) atoms. The first-order valence-corrected chi connectivity index (χ1v) is 8.20. The molecule has 0 saturated heterocycles. The van der Waals surface area contributed by atoms with Crippen LogP contribution in [-0.2, 0) is 11.5 Å². The third-order valence-corrected chi connectivity index (χ3v) is 4.53. The van der Waals surface area contributed by atoms with Gasteiger partial charge in [-0.05, 0) is 31.0 Å². The fraction of sp³-hybridized carbons (Fsp3) is 0.385. The summed E-state index contributed by atoms with van der Waals surface area (Å²) < 4.78 is 41.2. The summed E-state index contributed by atoms with van der Waals surface area (Å²) in [5.41, 5.74) is -0.275. The van der Waals surface area contributed by atoms with E-state index in [1.54, 1.807) is 0 Å². The van der Waals surface area contributed by atoms with Crippen LogP contribution in [0.1, 0.15) is 30.3 Å². The van der Waals surface area contributed by atoms with Gasteiger partial charge in [0.15, 0.2) is 5.82 Å². The Bertz CT molecular complexity index is 678. The van der Waals surface area contributed by atoms with Crippen LogP contribution in [0.3, 0.4) is 0 Å². The van der Waals surface area contributed by atoms with Crippen LogP contribution in [-0.4, -0.2) is 14.8 Å². The molecule has 1 aliphatic rings. The van der Waals surface area contributed by atoms with E-state index in [9.17, 15) is 13.2 Å². The van der Waals surface area contributed by atoms with Crippen LogP contribution >= 0.6 is 31.9 Å². The summed E-state index contributed by atoms with van der Waals surface area (Å²) in [6.45, 7) is 0. The highest BCUT2D eigenvalue weighted by atomic mass is 79.9. The van der Waals surface area contributed by atoms with Crippen LogP contribution in [0.25, 0.3) is 11.4 Å². The first-order chi connectivity index (χ1) is 9.91. The van der Waals surface area contributed by atoms with E-state index in [2.05, 4.69) is 42.1 Å². The topological polar surface area (TPSA) is 30.7 Å². The van der Waals surface area contributed by atoms with E-state index >= 15 is 0 Å². The molecule has 1 saturated carbocycles. The minimum Gasteiger partial charge on any atom is -0.307 e. The van der Waals surface area contributed by atoms with Gasteiger partial charge in [0.05, 0.1) is 10.9 Å². The molecule has 0 spiro atoms. The third-order valence-electron chi connectivity index (χ3n) is 3.33. The van der Waals surface area contributed by atoms with Gasteiger partial charge in [0.1, 0.15) is 5.82 Å². The Hall–Kier alpha value is -0.890. The lowest BCUT2D eigenvalue weighted by molar-refractivity contribution is -0.137. The lowest BCUT2D eigenvalue weighted by Crippen LogP contribution is -2.06. The molecule has 0 aliphatic heterocycles. The largest absolute Gasteiger partial charge is 0.416 e. The van der Waals surface area contributed by atoms with Gasteiger partial charge in [-0.25, -0.2) is 0 Å². The summed E-state index contributed by atoms with van der Waals surface area (Å²) in [7, 11) is 0. The highest BCUT2D eigenvalue weighted by Crippen LogP contribution is 2.42. The first kappa shape index (κ1) is 15.0. The number of alkyl halides is 4. The number of hydrogen-bond donors (Lipinski definition) is 0. The average molecular weight is 425 g/mol. The Balaban J connectivity index is 2.14. The van der Waals surface area contributed by atoms with Gasteiger partial charge in [0, 0.05) is 16.1 Å². The molecule has 1 aliphatic carbocycles. The molecule has 0 bridgehead atoms. The second kappa shape index (κ2) is 5.39. The fourth-order valence-electron chi connectivity index (χ4n) is 2.19. The molecule has 1 heterocycles. The van der Waals surface area contributed by atoms with Gasteiger partial charge in [-0.3, -0.25) is 0 Å². The van der Waals surface area contributed by atoms with Crippen LogP contribution in [0.15, 0.2) is 22.7 Å². The zero-order valence-corrected chi connectivity index (χ0v) is 13.8. The molecule has 3 nitrogen and oxygen atoms in total. The van der Waals surface area contributed by atoms with Crippen molar-refractivity contribution in [2.24, 2.45) is 0 Å². The molecule has 0 radical (unpaired) electrons. The van der Waals surface area contributed by atoms with Gasteiger partial charge in [0.2, 0.25) is 0 Å². The Labute approximate surface area is 135 Å². The predicted molar refractivity (Wildman–Crippen MR) is 79.1 cm³/mol. The second-order valence-electron chi connectivity index (χ2n) is 4.87. The van der Waals surface area contributed by atoms with Crippen LogP contribution in [0.4, 0.5) is 13.2 Å². The molecule has 8 heteroatoms. The summed E-state index contributed by atoms with van der Waals surface area (Å²) in [6, 6.07) is 3.85. The van der Waals surface area contributed by atoms with Crippen molar-refractivity contribution in [3.05, 3.63) is 34.1 Å². The van der Waals surface area contributed by atoms with E-state index in [1.807, 2.05) is 4.57 Å². The van der Waals surface area contributed by atoms with Crippen molar-refractivity contribution in [1.29, 1.82) is 0 Å². The molecule has 0 unspecified atom stereocenters. The van der Waals surface area contributed by atoms with Crippen molar-refractivity contribution in [1.82, 2.24) is 14.8 Å². The van der Waals surface area contributed by atoms with Crippen molar-refractivity contribution >= 4 is 31.9 Å². The van der Waals surface area contributed by atoms with Crippen molar-refractivity contribution < 1.29 is 13.2 Å². The third kappa shape index (κ3) is 2.88. The summed E-state index contributed by atoms with van der Waals surface area (Å²) in [5, 5.41) is 8.68. The van der Waals surface area contributed by atoms with Crippen molar-refractivity contribution in [2.75, 3.05) is 0 Å². The second-order valence-corrected chi connectivity index (χ2v) is 6.28. The molecule has 0 N–H and O–H groups in total. The van der Waals surface area contributed by atoms with Crippen molar-refractivity contribution in [3.63, 3.8) is 0 Å². The maximum atomic E-state index is 12.9. The quantitative estimate of drug-likeness (QED) is 0.652. The number of halogens is 5. The van der Waals surface area contributed by atoms with Gasteiger partial charge < -0.3 is 4.57 Å². The van der Waals surface area contributed by atoms with E-state index in [0.29, 0.717) is 21.2 Å². The number of hydrogen-bond acceptors (Lipinski definition) is 2. The molecule has 2 aromatic rings. The van der Waals surface area contributed by atoms with Gasteiger partial charge >= 0.3 is 6.18 Å². The Morgan fingerprint density at radius 3 is 2.52 bits per heavy atom. The SMILES string of the molecule is FC(F)(F)c1ccc(Br)c(-c2nnc(CBr)n2C2CC2)c1. The van der Waals surface area contributed by atoms with Crippen LogP contribution in [0.5, 0.6) is 0 Å². The molecule has 112 valence electrons. The summed E-state index contributed by atoms with van der Waals surface area (Å²) in [4.78, 5) is 0. The minimum absolute atomic E-state index is 0.281. The van der Waals surface area contributed by atoms with E-state index in [1.165, 1.54) is 6.07 Å². The number of nitrogens with zero attached hydrogens (tertiary/aromatic N) is 3. The lowest BCUT2D eigenvalue weighted by atomic mass is 10.1. The molecular weight excluding hydrogens is 415 g/mol. The maximum Gasteiger partial charge on any atom is 0.416 e. The lowest BCUT2D eigenvalue weighted by Gasteiger charge is -2.12. The van der Waals surface area contributed by atoms with Crippen molar-refractivity contribution in [3.8, 4) is 11.4 Å². The van der Waals surface area contributed by atoms with Crippen LogP contribution < -0.4 is 0 Å². The average Bonchev–Trinajstić information content (AvgIpc) is 3.17. The normalized spacial score (nSPS) is 15.5. The zero-order valence-electron chi connectivity index (χ0n) is 10.7. The number of rotatable bonds is 3. The first-order valence-electron chi connectivity index (χ1n) is 6.28. The molecule has 1 aromatic heterocycles. The Morgan fingerprint density at radius 1 is 1.24 bits per heavy atom. The maximum absolute atomic E-state index is 12.9. The van der Waals surface area contributed by atoms with Gasteiger partial charge in [-0.1, -0.05) is 31.9 Å². The van der Waals surface area contributed by atoms with E-state index in [4.69, 9.17) is 0 Å². The van der Waals surface area contributed by atoms with Gasteiger partial charge in [-0.15, -0.1) is 10.2 Å². The molecule has 0 atom stereocenters. The monoisotopic (exact) mass is 423 g/mol. The molecule has 1 fully saturated rings. The van der Waals surface area contributed by atoms with E-state index in [-0.39, 0.29) is 6.04 Å². The number of aromatic nitrogens is 3. The Morgan fingerprint density at radius 2 is 1.95 bits per heavy atom. The van der Waals surface area contributed by atoms with Crippen LogP contribution in [0.2, 0.25) is 0 Å². The zero-order chi connectivity index (χ0) is 15.2. The Kier molecular flexibility index (Phi) is 3.85. The predicted octanol–water partition coefficient (Wildman–Crippen LogP) is 4.96. The van der Waals surface area contributed by atoms with E-state index in [0.717, 1.165) is 30.8 Å². The molecule has 0 amide bonds. The minimum atomic E-state index is -4.38. The summed E-state index contributed by atoms with van der Waals surface area (Å²) >= 11 is 6.65. The van der Waals surface area contributed by atoms with Gasteiger partial charge in [0.25, 0.3) is 0 Å². The summed E-state index contributed by atoms with van der Waals surface area (Å²) in [5.74, 6) is 1.21. The fourth-order valence-corrected chi connectivity index (χ4v) is 2.99. The highest BCUT2D eigenvalue weighted by Gasteiger charge is 2.33. The molecule has 3 rings (SSSR count). The van der Waals surface area contributed by atoms with Gasteiger partial charge in [-0.2, -0.15) is 13.2 Å². The molecule has 1 aromatic carbocycles.